The Morgan fingerprint density at radius 2 is 2.09 bits per heavy atom. The second-order valence-electron chi connectivity index (χ2n) is 8.56. The van der Waals surface area contributed by atoms with E-state index in [2.05, 4.69) is 16.5 Å². The molecule has 2 aliphatic rings. The van der Waals surface area contributed by atoms with E-state index in [0.29, 0.717) is 30.1 Å². The summed E-state index contributed by atoms with van der Waals surface area (Å²) in [6.45, 7) is 3.95. The number of anilines is 2. The summed E-state index contributed by atoms with van der Waals surface area (Å²) in [6.07, 6.45) is -1.68. The maximum absolute atomic E-state index is 13.7. The summed E-state index contributed by atoms with van der Waals surface area (Å²) in [5, 5.41) is 16.0. The SMILES string of the molecule is C[C@H]1Cn2ncc(N3CC(C)(C#N)CC3=O)c2CN1C(=O)Nc1cc(F)c(F)c(C(F)F)c1. The molecule has 2 aromatic rings. The molecule has 8 nitrogen and oxygen atoms in total. The van der Waals surface area contributed by atoms with Crippen LogP contribution in [-0.4, -0.2) is 39.2 Å². The number of halogens is 4. The molecule has 12 heteroatoms. The van der Waals surface area contributed by atoms with Crippen LogP contribution in [0.25, 0.3) is 0 Å². The number of benzene rings is 1. The summed E-state index contributed by atoms with van der Waals surface area (Å²) in [5.74, 6) is -3.39. The van der Waals surface area contributed by atoms with E-state index in [9.17, 15) is 32.4 Å². The Labute approximate surface area is 186 Å². The van der Waals surface area contributed by atoms with Gasteiger partial charge in [-0.2, -0.15) is 10.4 Å². The van der Waals surface area contributed by atoms with Crippen LogP contribution in [0.4, 0.5) is 33.7 Å². The van der Waals surface area contributed by atoms with E-state index in [-0.39, 0.29) is 37.1 Å². The standard InChI is InChI=1S/C21H20F4N6O2/c1-11-7-31-16(15(6-27-31)30-10-21(2,9-26)5-17(30)32)8-29(11)20(33)28-12-3-13(19(24)25)18(23)14(22)4-12/h3-4,6,11,19H,5,7-8,10H2,1-2H3,(H,28,33)/t11-,21?/m0/s1. The number of carbonyl (C=O) groups excluding carboxylic acids is 2. The minimum atomic E-state index is -3.25. The number of carbonyl (C=O) groups is 2. The fraction of sp³-hybridized carbons (Fsp3) is 0.429. The van der Waals surface area contributed by atoms with E-state index in [1.54, 1.807) is 18.5 Å². The van der Waals surface area contributed by atoms with Gasteiger partial charge in [0.15, 0.2) is 11.6 Å². The summed E-state index contributed by atoms with van der Waals surface area (Å²) in [7, 11) is 0. The number of nitrogens with zero attached hydrogens (tertiary/aromatic N) is 5. The van der Waals surface area contributed by atoms with Crippen LogP contribution in [0.3, 0.4) is 0 Å². The number of alkyl halides is 2. The maximum Gasteiger partial charge on any atom is 0.322 e. The zero-order valence-corrected chi connectivity index (χ0v) is 17.8. The highest BCUT2D eigenvalue weighted by molar-refractivity contribution is 5.97. The molecule has 33 heavy (non-hydrogen) atoms. The molecular weight excluding hydrogens is 444 g/mol. The molecule has 1 N–H and O–H groups in total. The van der Waals surface area contributed by atoms with Crippen LogP contribution >= 0.6 is 0 Å². The van der Waals surface area contributed by atoms with Crippen LogP contribution in [-0.2, 0) is 17.9 Å². The Bertz CT molecular complexity index is 1180. The molecule has 4 rings (SSSR count). The van der Waals surface area contributed by atoms with Gasteiger partial charge in [0.25, 0.3) is 6.43 Å². The van der Waals surface area contributed by atoms with Gasteiger partial charge in [0, 0.05) is 24.7 Å². The van der Waals surface area contributed by atoms with E-state index in [1.165, 1.54) is 16.0 Å². The van der Waals surface area contributed by atoms with Gasteiger partial charge in [-0.25, -0.2) is 22.4 Å². The van der Waals surface area contributed by atoms with Crippen molar-refractivity contribution in [1.29, 1.82) is 5.26 Å². The van der Waals surface area contributed by atoms with E-state index in [1.807, 2.05) is 0 Å². The molecule has 3 heterocycles. The van der Waals surface area contributed by atoms with Gasteiger partial charge in [-0.05, 0) is 19.9 Å². The first-order valence-electron chi connectivity index (χ1n) is 10.1. The quantitative estimate of drug-likeness (QED) is 0.700. The minimum absolute atomic E-state index is 0.0285. The van der Waals surface area contributed by atoms with E-state index < -0.39 is 35.1 Å². The van der Waals surface area contributed by atoms with Crippen molar-refractivity contribution in [3.63, 3.8) is 0 Å². The lowest BCUT2D eigenvalue weighted by molar-refractivity contribution is -0.117. The van der Waals surface area contributed by atoms with Crippen LogP contribution in [0.15, 0.2) is 18.3 Å². The molecule has 2 atom stereocenters. The highest BCUT2D eigenvalue weighted by Crippen LogP contribution is 2.37. The first-order chi connectivity index (χ1) is 15.5. The predicted octanol–water partition coefficient (Wildman–Crippen LogP) is 3.80. The molecule has 1 unspecified atom stereocenters. The molecule has 3 amide bonds. The molecule has 0 spiro atoms. The van der Waals surface area contributed by atoms with Crippen LogP contribution in [0.1, 0.15) is 38.0 Å². The first kappa shape index (κ1) is 22.6. The lowest BCUT2D eigenvalue weighted by atomic mass is 9.92. The Morgan fingerprint density at radius 3 is 2.73 bits per heavy atom. The molecule has 2 aliphatic heterocycles. The normalized spacial score (nSPS) is 22.5. The highest BCUT2D eigenvalue weighted by Gasteiger charge is 2.42. The minimum Gasteiger partial charge on any atom is -0.314 e. The number of fused-ring (bicyclic) bond motifs is 1. The molecule has 174 valence electrons. The van der Waals surface area contributed by atoms with Crippen LogP contribution in [0, 0.1) is 28.4 Å². The predicted molar refractivity (Wildman–Crippen MR) is 108 cm³/mol. The van der Waals surface area contributed by atoms with Gasteiger partial charge in [0.05, 0.1) is 53.8 Å². The van der Waals surface area contributed by atoms with Crippen LogP contribution in [0.2, 0.25) is 0 Å². The molecule has 1 aromatic heterocycles. The number of nitrogens with one attached hydrogen (secondary N) is 1. The number of hydrogen-bond donors (Lipinski definition) is 1. The van der Waals surface area contributed by atoms with Gasteiger partial charge in [0.1, 0.15) is 0 Å². The molecule has 0 bridgehead atoms. The molecule has 0 saturated carbocycles. The highest BCUT2D eigenvalue weighted by atomic mass is 19.3. The summed E-state index contributed by atoms with van der Waals surface area (Å²) in [4.78, 5) is 28.3. The van der Waals surface area contributed by atoms with Gasteiger partial charge in [0.2, 0.25) is 5.91 Å². The van der Waals surface area contributed by atoms with Gasteiger partial charge in [-0.3, -0.25) is 9.48 Å². The fourth-order valence-corrected chi connectivity index (χ4v) is 4.14. The van der Waals surface area contributed by atoms with E-state index in [4.69, 9.17) is 0 Å². The summed E-state index contributed by atoms with van der Waals surface area (Å²) >= 11 is 0. The van der Waals surface area contributed by atoms with Crippen molar-refractivity contribution < 1.29 is 27.2 Å². The Balaban J connectivity index is 1.57. The van der Waals surface area contributed by atoms with Crippen LogP contribution < -0.4 is 10.2 Å². The van der Waals surface area contributed by atoms with Gasteiger partial charge in [-0.1, -0.05) is 0 Å². The van der Waals surface area contributed by atoms with Gasteiger partial charge >= 0.3 is 6.03 Å². The maximum atomic E-state index is 13.7. The number of urea groups is 1. The van der Waals surface area contributed by atoms with Crippen molar-refractivity contribution in [3.8, 4) is 6.07 Å². The van der Waals surface area contributed by atoms with Crippen molar-refractivity contribution in [1.82, 2.24) is 14.7 Å². The van der Waals surface area contributed by atoms with Crippen molar-refractivity contribution in [2.45, 2.75) is 45.8 Å². The van der Waals surface area contributed by atoms with Gasteiger partial charge in [-0.15, -0.1) is 0 Å². The second-order valence-corrected chi connectivity index (χ2v) is 8.56. The fourth-order valence-electron chi connectivity index (χ4n) is 4.14. The summed E-state index contributed by atoms with van der Waals surface area (Å²) in [6, 6.07) is 2.40. The number of nitriles is 1. The zero-order valence-electron chi connectivity index (χ0n) is 17.8. The van der Waals surface area contributed by atoms with Crippen molar-refractivity contribution in [2.24, 2.45) is 5.41 Å². The lowest BCUT2D eigenvalue weighted by Crippen LogP contribution is -2.47. The molecule has 1 fully saturated rings. The third kappa shape index (κ3) is 3.99. The Kier molecular flexibility index (Phi) is 5.51. The van der Waals surface area contributed by atoms with Gasteiger partial charge < -0.3 is 15.1 Å². The smallest absolute Gasteiger partial charge is 0.314 e. The average Bonchev–Trinajstić information content (AvgIpc) is 3.29. The zero-order chi connectivity index (χ0) is 24.1. The first-order valence-corrected chi connectivity index (χ1v) is 10.1. The Morgan fingerprint density at radius 1 is 1.36 bits per heavy atom. The third-order valence-electron chi connectivity index (χ3n) is 5.93. The average molecular weight is 464 g/mol. The van der Waals surface area contributed by atoms with Crippen molar-refractivity contribution in [2.75, 3.05) is 16.8 Å². The third-order valence-corrected chi connectivity index (χ3v) is 5.93. The summed E-state index contributed by atoms with van der Waals surface area (Å²) < 4.78 is 54.9. The molecule has 0 radical (unpaired) electrons. The summed E-state index contributed by atoms with van der Waals surface area (Å²) in [5.41, 5.74) is -1.24. The molecule has 0 aliphatic carbocycles. The monoisotopic (exact) mass is 464 g/mol. The second kappa shape index (κ2) is 8.06. The van der Waals surface area contributed by atoms with Crippen molar-refractivity contribution in [3.05, 3.63) is 41.2 Å². The van der Waals surface area contributed by atoms with E-state index in [0.717, 1.165) is 0 Å². The van der Waals surface area contributed by atoms with Crippen LogP contribution in [0.5, 0.6) is 0 Å². The lowest BCUT2D eigenvalue weighted by Gasteiger charge is -2.35. The number of rotatable bonds is 3. The number of hydrogen-bond acceptors (Lipinski definition) is 4. The van der Waals surface area contributed by atoms with E-state index >= 15 is 0 Å². The molecule has 1 saturated heterocycles. The number of aromatic nitrogens is 2. The number of amides is 3. The molecular formula is C21H20F4N6O2. The molecule has 1 aromatic carbocycles. The largest absolute Gasteiger partial charge is 0.322 e. The topological polar surface area (TPSA) is 94.3 Å². The van der Waals surface area contributed by atoms with Crippen molar-refractivity contribution >= 4 is 23.3 Å². The Hall–Kier alpha value is -3.62.